The van der Waals surface area contributed by atoms with E-state index in [-0.39, 0.29) is 18.8 Å². The number of benzene rings is 2. The summed E-state index contributed by atoms with van der Waals surface area (Å²) in [6, 6.07) is 13.8. The molecule has 0 saturated carbocycles. The highest BCUT2D eigenvalue weighted by atomic mass is 16.7. The van der Waals surface area contributed by atoms with Gasteiger partial charge in [-0.2, -0.15) is 0 Å². The third-order valence-electron chi connectivity index (χ3n) is 6.61. The third-order valence-corrected chi connectivity index (χ3v) is 6.61. The predicted molar refractivity (Wildman–Crippen MR) is 133 cm³/mol. The lowest BCUT2D eigenvalue weighted by Crippen LogP contribution is -2.35. The van der Waals surface area contributed by atoms with Gasteiger partial charge in [-0.3, -0.25) is 14.5 Å². The number of nitrogens with zero attached hydrogens (tertiary/aromatic N) is 2. The standard InChI is InChI=1S/C20H21NO5.C7H15NO/c1-21-10-15(13-5-8-16-17(9-13)26-11-25-16)18(20(22)23)19(21)12-3-6-14(24-2)7-4-12;1-6(2)8(5-9)7(3)4/h3-9,15,18-19H,10-11H2,1-2H3,(H,22,23);5-7H,1-4H3. The summed E-state index contributed by atoms with van der Waals surface area (Å²) in [7, 11) is 3.59. The van der Waals surface area contributed by atoms with Gasteiger partial charge in [0.25, 0.3) is 0 Å². The van der Waals surface area contributed by atoms with Crippen molar-refractivity contribution in [2.45, 2.75) is 51.7 Å². The monoisotopic (exact) mass is 484 g/mol. The second kappa shape index (κ2) is 11.4. The molecule has 0 aromatic heterocycles. The fraction of sp³-hybridized carbons (Fsp3) is 0.481. The zero-order chi connectivity index (χ0) is 25.7. The Labute approximate surface area is 207 Å². The number of likely N-dealkylation sites (tertiary alicyclic amines) is 1. The maximum Gasteiger partial charge on any atom is 0.309 e. The van der Waals surface area contributed by atoms with Crippen molar-refractivity contribution in [1.82, 2.24) is 9.80 Å². The van der Waals surface area contributed by atoms with Crippen molar-refractivity contribution in [3.05, 3.63) is 53.6 Å². The van der Waals surface area contributed by atoms with Crippen LogP contribution in [0.3, 0.4) is 0 Å². The summed E-state index contributed by atoms with van der Waals surface area (Å²) in [4.78, 5) is 26.4. The van der Waals surface area contributed by atoms with Crippen LogP contribution in [-0.4, -0.2) is 66.9 Å². The Balaban J connectivity index is 0.000000327. The molecule has 1 N–H and O–H groups in total. The Hall–Kier alpha value is -3.26. The summed E-state index contributed by atoms with van der Waals surface area (Å²) in [5.74, 6) is 0.681. The normalized spacial score (nSPS) is 21.0. The van der Waals surface area contributed by atoms with Gasteiger partial charge in [0.15, 0.2) is 11.5 Å². The van der Waals surface area contributed by atoms with E-state index in [0.29, 0.717) is 30.1 Å². The number of aliphatic carboxylic acids is 1. The van der Waals surface area contributed by atoms with Crippen LogP contribution in [0.1, 0.15) is 50.8 Å². The van der Waals surface area contributed by atoms with Crippen LogP contribution >= 0.6 is 0 Å². The van der Waals surface area contributed by atoms with Crippen LogP contribution in [0.2, 0.25) is 0 Å². The van der Waals surface area contributed by atoms with E-state index in [1.165, 1.54) is 0 Å². The Kier molecular flexibility index (Phi) is 8.62. The van der Waals surface area contributed by atoms with Crippen LogP contribution in [0, 0.1) is 5.92 Å². The predicted octanol–water partition coefficient (Wildman–Crippen LogP) is 4.16. The minimum absolute atomic E-state index is 0.126. The van der Waals surface area contributed by atoms with Crippen molar-refractivity contribution in [1.29, 1.82) is 0 Å². The van der Waals surface area contributed by atoms with Gasteiger partial charge in [0, 0.05) is 30.6 Å². The van der Waals surface area contributed by atoms with Crippen molar-refractivity contribution in [3.63, 3.8) is 0 Å². The largest absolute Gasteiger partial charge is 0.497 e. The van der Waals surface area contributed by atoms with Gasteiger partial charge in [-0.15, -0.1) is 0 Å². The first-order valence-corrected chi connectivity index (χ1v) is 11.9. The van der Waals surface area contributed by atoms with Gasteiger partial charge in [0.1, 0.15) is 5.75 Å². The summed E-state index contributed by atoms with van der Waals surface area (Å²) in [6.07, 6.45) is 0.898. The van der Waals surface area contributed by atoms with Gasteiger partial charge in [-0.25, -0.2) is 0 Å². The highest BCUT2D eigenvalue weighted by Gasteiger charge is 2.46. The van der Waals surface area contributed by atoms with Crippen molar-refractivity contribution in [3.8, 4) is 17.2 Å². The number of amides is 1. The number of likely N-dealkylation sites (N-methyl/N-ethyl adjacent to an activating group) is 1. The smallest absolute Gasteiger partial charge is 0.309 e. The number of carbonyl (C=O) groups excluding carboxylic acids is 1. The number of hydrogen-bond donors (Lipinski definition) is 1. The molecule has 0 radical (unpaired) electrons. The molecule has 190 valence electrons. The molecule has 2 aromatic carbocycles. The van der Waals surface area contributed by atoms with Gasteiger partial charge in [0.2, 0.25) is 13.2 Å². The molecule has 0 aliphatic carbocycles. The summed E-state index contributed by atoms with van der Waals surface area (Å²) >= 11 is 0. The van der Waals surface area contributed by atoms with Gasteiger partial charge >= 0.3 is 5.97 Å². The Bertz CT molecular complexity index is 999. The number of carboxylic acids is 1. The molecule has 0 bridgehead atoms. The minimum Gasteiger partial charge on any atom is -0.497 e. The van der Waals surface area contributed by atoms with Gasteiger partial charge in [-0.1, -0.05) is 18.2 Å². The van der Waals surface area contributed by atoms with E-state index < -0.39 is 11.9 Å². The van der Waals surface area contributed by atoms with E-state index >= 15 is 0 Å². The lowest BCUT2D eigenvalue weighted by atomic mass is 9.83. The molecule has 2 aliphatic rings. The molecule has 4 rings (SSSR count). The van der Waals surface area contributed by atoms with Crippen LogP contribution in [0.4, 0.5) is 0 Å². The number of carbonyl (C=O) groups is 2. The van der Waals surface area contributed by atoms with Crippen molar-refractivity contribution < 1.29 is 28.9 Å². The van der Waals surface area contributed by atoms with E-state index in [1.807, 2.05) is 77.2 Å². The van der Waals surface area contributed by atoms with E-state index in [4.69, 9.17) is 14.2 Å². The third kappa shape index (κ3) is 5.88. The lowest BCUT2D eigenvalue weighted by molar-refractivity contribution is -0.143. The SMILES string of the molecule is CC(C)N(C=O)C(C)C.COc1ccc(C2C(C(=O)O)C(c3ccc4c(c3)OCO4)CN2C)cc1. The molecular formula is C27H36N2O6. The van der Waals surface area contributed by atoms with E-state index in [1.54, 1.807) is 12.0 Å². The number of rotatable bonds is 7. The Morgan fingerprint density at radius 3 is 2.17 bits per heavy atom. The van der Waals surface area contributed by atoms with Gasteiger partial charge in [-0.05, 0) is 70.1 Å². The van der Waals surface area contributed by atoms with Crippen molar-refractivity contribution >= 4 is 12.4 Å². The molecule has 2 heterocycles. The van der Waals surface area contributed by atoms with E-state index in [9.17, 15) is 14.7 Å². The summed E-state index contributed by atoms with van der Waals surface area (Å²) < 4.78 is 16.0. The molecule has 35 heavy (non-hydrogen) atoms. The fourth-order valence-electron chi connectivity index (χ4n) is 4.90. The van der Waals surface area contributed by atoms with Crippen LogP contribution < -0.4 is 14.2 Å². The van der Waals surface area contributed by atoms with Crippen LogP contribution in [0.15, 0.2) is 42.5 Å². The zero-order valence-corrected chi connectivity index (χ0v) is 21.3. The number of hydrogen-bond acceptors (Lipinski definition) is 6. The van der Waals surface area contributed by atoms with Gasteiger partial charge < -0.3 is 24.2 Å². The zero-order valence-electron chi connectivity index (χ0n) is 21.3. The average Bonchev–Trinajstić information content (AvgIpc) is 3.43. The van der Waals surface area contributed by atoms with Crippen molar-refractivity contribution in [2.24, 2.45) is 5.92 Å². The molecular weight excluding hydrogens is 448 g/mol. The summed E-state index contributed by atoms with van der Waals surface area (Å²) in [5.41, 5.74) is 1.94. The molecule has 0 spiro atoms. The lowest BCUT2D eigenvalue weighted by Gasteiger charge is -2.25. The minimum atomic E-state index is -0.794. The second-order valence-electron chi connectivity index (χ2n) is 9.48. The number of carboxylic acid groups (broad SMARTS) is 1. The average molecular weight is 485 g/mol. The molecule has 2 aliphatic heterocycles. The molecule has 1 amide bonds. The first kappa shape index (κ1) is 26.3. The Morgan fingerprint density at radius 2 is 1.66 bits per heavy atom. The molecule has 3 atom stereocenters. The topological polar surface area (TPSA) is 88.5 Å². The van der Waals surface area contributed by atoms with Crippen molar-refractivity contribution in [2.75, 3.05) is 27.5 Å². The first-order valence-electron chi connectivity index (χ1n) is 11.9. The van der Waals surface area contributed by atoms with Crippen LogP contribution in [-0.2, 0) is 9.59 Å². The fourth-order valence-corrected chi connectivity index (χ4v) is 4.90. The Morgan fingerprint density at radius 1 is 1.06 bits per heavy atom. The maximum absolute atomic E-state index is 12.2. The van der Waals surface area contributed by atoms with Crippen LogP contribution in [0.5, 0.6) is 17.2 Å². The highest BCUT2D eigenvalue weighted by molar-refractivity contribution is 5.74. The second-order valence-corrected chi connectivity index (χ2v) is 9.48. The molecule has 8 nitrogen and oxygen atoms in total. The molecule has 8 heteroatoms. The summed E-state index contributed by atoms with van der Waals surface area (Å²) in [6.45, 7) is 8.90. The first-order chi connectivity index (χ1) is 16.7. The molecule has 1 fully saturated rings. The molecule has 2 aromatic rings. The number of fused-ring (bicyclic) bond motifs is 1. The molecule has 3 unspecified atom stereocenters. The quantitative estimate of drug-likeness (QED) is 0.591. The molecule has 1 saturated heterocycles. The van der Waals surface area contributed by atoms with E-state index in [2.05, 4.69) is 4.90 Å². The highest BCUT2D eigenvalue weighted by Crippen LogP contribution is 2.47. The number of ether oxygens (including phenoxy) is 3. The maximum atomic E-state index is 12.2. The van der Waals surface area contributed by atoms with Crippen LogP contribution in [0.25, 0.3) is 0 Å². The summed E-state index contributed by atoms with van der Waals surface area (Å²) in [5, 5.41) is 9.98. The number of methoxy groups -OCH3 is 1. The van der Waals surface area contributed by atoms with E-state index in [0.717, 1.165) is 23.3 Å². The van der Waals surface area contributed by atoms with Gasteiger partial charge in [0.05, 0.1) is 13.0 Å².